The van der Waals surface area contributed by atoms with Crippen molar-refractivity contribution < 1.29 is 4.79 Å². The third kappa shape index (κ3) is 2.99. The van der Waals surface area contributed by atoms with Crippen LogP contribution in [0.15, 0.2) is 24.3 Å². The monoisotopic (exact) mass is 264 g/mol. The van der Waals surface area contributed by atoms with Crippen LogP contribution >= 0.6 is 11.8 Å². The van der Waals surface area contributed by atoms with E-state index in [9.17, 15) is 4.79 Å². The molecule has 1 aromatic rings. The number of hydrogen-bond donors (Lipinski definition) is 1. The lowest BCUT2D eigenvalue weighted by Gasteiger charge is -2.25. The quantitative estimate of drug-likeness (QED) is 0.851. The Hall–Kier alpha value is -1.16. The van der Waals surface area contributed by atoms with Crippen molar-refractivity contribution in [2.75, 3.05) is 22.9 Å². The molecule has 0 aromatic heterocycles. The third-order valence-electron chi connectivity index (χ3n) is 3.12. The van der Waals surface area contributed by atoms with E-state index >= 15 is 0 Å². The molecule has 0 saturated carbocycles. The lowest BCUT2D eigenvalue weighted by Crippen LogP contribution is -2.37. The molecule has 1 unspecified atom stereocenters. The second-order valence-electron chi connectivity index (χ2n) is 4.58. The zero-order valence-corrected chi connectivity index (χ0v) is 11.6. The van der Waals surface area contributed by atoms with Crippen molar-refractivity contribution in [1.29, 1.82) is 0 Å². The predicted molar refractivity (Wildman–Crippen MR) is 79.0 cm³/mol. The fourth-order valence-electron chi connectivity index (χ4n) is 2.19. The van der Waals surface area contributed by atoms with E-state index in [1.54, 1.807) is 11.8 Å². The number of carbonyl (C=O) groups is 1. The zero-order valence-electron chi connectivity index (χ0n) is 10.8. The summed E-state index contributed by atoms with van der Waals surface area (Å²) in [4.78, 5) is 14.4. The maximum Gasteiger partial charge on any atom is 0.240 e. The highest BCUT2D eigenvalue weighted by Crippen LogP contribution is 2.29. The molecule has 1 heterocycles. The van der Waals surface area contributed by atoms with E-state index in [1.807, 2.05) is 29.2 Å². The summed E-state index contributed by atoms with van der Waals surface area (Å²) in [5, 5.41) is 0.147. The summed E-state index contributed by atoms with van der Waals surface area (Å²) in [5.74, 6) is 1.36. The largest absolute Gasteiger partial charge is 0.399 e. The van der Waals surface area contributed by atoms with E-state index in [2.05, 4.69) is 6.92 Å². The number of nitrogens with zero attached hydrogens (tertiary/aromatic N) is 1. The average molecular weight is 264 g/mol. The maximum absolute atomic E-state index is 12.5. The third-order valence-corrected chi connectivity index (χ3v) is 4.49. The van der Waals surface area contributed by atoms with Gasteiger partial charge in [0.1, 0.15) is 0 Å². The van der Waals surface area contributed by atoms with Crippen LogP contribution in [0.2, 0.25) is 0 Å². The SMILES string of the molecule is CCCN(C(=O)C1CCCS1)c1ccc(N)cc1. The van der Waals surface area contributed by atoms with Gasteiger partial charge in [-0.15, -0.1) is 11.8 Å². The Morgan fingerprint density at radius 2 is 2.17 bits per heavy atom. The molecule has 0 radical (unpaired) electrons. The molecule has 0 spiro atoms. The van der Waals surface area contributed by atoms with E-state index in [-0.39, 0.29) is 11.2 Å². The molecule has 1 fully saturated rings. The Bertz CT molecular complexity index is 399. The van der Waals surface area contributed by atoms with Gasteiger partial charge >= 0.3 is 0 Å². The van der Waals surface area contributed by atoms with Gasteiger partial charge < -0.3 is 10.6 Å². The van der Waals surface area contributed by atoms with E-state index in [0.717, 1.165) is 42.9 Å². The summed E-state index contributed by atoms with van der Waals surface area (Å²) in [5.41, 5.74) is 7.39. The molecule has 0 bridgehead atoms. The van der Waals surface area contributed by atoms with Gasteiger partial charge in [0.2, 0.25) is 5.91 Å². The standard InChI is InChI=1S/C14H20N2OS/c1-2-9-16(12-7-5-11(15)6-8-12)14(17)13-4-3-10-18-13/h5-8,13H,2-4,9-10,15H2,1H3. The first kappa shape index (κ1) is 13.3. The van der Waals surface area contributed by atoms with Gasteiger partial charge in [0.05, 0.1) is 5.25 Å². The second-order valence-corrected chi connectivity index (χ2v) is 5.89. The highest BCUT2D eigenvalue weighted by molar-refractivity contribution is 8.00. The van der Waals surface area contributed by atoms with Crippen molar-refractivity contribution in [2.24, 2.45) is 0 Å². The lowest BCUT2D eigenvalue weighted by atomic mass is 10.2. The molecule has 1 atom stereocenters. The summed E-state index contributed by atoms with van der Waals surface area (Å²) >= 11 is 1.79. The molecule has 3 nitrogen and oxygen atoms in total. The molecule has 4 heteroatoms. The number of nitrogens with two attached hydrogens (primary N) is 1. The minimum Gasteiger partial charge on any atom is -0.399 e. The predicted octanol–water partition coefficient (Wildman–Crippen LogP) is 2.91. The Morgan fingerprint density at radius 1 is 1.44 bits per heavy atom. The number of rotatable bonds is 4. The molecule has 2 rings (SSSR count). The van der Waals surface area contributed by atoms with Crippen molar-refractivity contribution in [3.05, 3.63) is 24.3 Å². The minimum atomic E-state index is 0.147. The van der Waals surface area contributed by atoms with Gasteiger partial charge in [0.15, 0.2) is 0 Å². The van der Waals surface area contributed by atoms with Crippen molar-refractivity contribution >= 4 is 29.0 Å². The summed E-state index contributed by atoms with van der Waals surface area (Å²) in [6.45, 7) is 2.87. The molecule has 0 aliphatic carbocycles. The molecule has 1 saturated heterocycles. The van der Waals surface area contributed by atoms with Crippen LogP contribution in [0.4, 0.5) is 11.4 Å². The highest BCUT2D eigenvalue weighted by atomic mass is 32.2. The van der Waals surface area contributed by atoms with Gasteiger partial charge in [-0.1, -0.05) is 6.92 Å². The molecule has 1 amide bonds. The Balaban J connectivity index is 2.16. The van der Waals surface area contributed by atoms with Gasteiger partial charge in [-0.25, -0.2) is 0 Å². The van der Waals surface area contributed by atoms with Crippen molar-refractivity contribution in [3.63, 3.8) is 0 Å². The number of benzene rings is 1. The van der Waals surface area contributed by atoms with Crippen LogP contribution in [-0.4, -0.2) is 23.5 Å². The first-order valence-corrected chi connectivity index (χ1v) is 7.55. The number of anilines is 2. The number of thioether (sulfide) groups is 1. The van der Waals surface area contributed by atoms with E-state index in [1.165, 1.54) is 0 Å². The molecule has 98 valence electrons. The first-order chi connectivity index (χ1) is 8.72. The van der Waals surface area contributed by atoms with Gasteiger partial charge in [-0.05, 0) is 49.3 Å². The van der Waals surface area contributed by atoms with Crippen molar-refractivity contribution in [2.45, 2.75) is 31.4 Å². The van der Waals surface area contributed by atoms with Crippen LogP contribution in [0, 0.1) is 0 Å². The van der Waals surface area contributed by atoms with Crippen LogP contribution in [0.1, 0.15) is 26.2 Å². The summed E-state index contributed by atoms with van der Waals surface area (Å²) in [6, 6.07) is 7.57. The van der Waals surface area contributed by atoms with Crippen LogP contribution in [0.25, 0.3) is 0 Å². The van der Waals surface area contributed by atoms with Crippen LogP contribution in [-0.2, 0) is 4.79 Å². The molecule has 1 aromatic carbocycles. The fourth-order valence-corrected chi connectivity index (χ4v) is 3.41. The zero-order chi connectivity index (χ0) is 13.0. The Labute approximate surface area is 113 Å². The second kappa shape index (κ2) is 6.14. The average Bonchev–Trinajstić information content (AvgIpc) is 2.90. The van der Waals surface area contributed by atoms with Crippen molar-refractivity contribution in [3.8, 4) is 0 Å². The normalized spacial score (nSPS) is 18.8. The molecule has 1 aliphatic rings. The number of hydrogen-bond acceptors (Lipinski definition) is 3. The number of nitrogen functional groups attached to an aromatic ring is 1. The summed E-state index contributed by atoms with van der Waals surface area (Å²) < 4.78 is 0. The Kier molecular flexibility index (Phi) is 4.53. The highest BCUT2D eigenvalue weighted by Gasteiger charge is 2.28. The van der Waals surface area contributed by atoms with Crippen LogP contribution in [0.5, 0.6) is 0 Å². The Morgan fingerprint density at radius 3 is 2.72 bits per heavy atom. The molecule has 1 aliphatic heterocycles. The minimum absolute atomic E-state index is 0.147. The molecule has 2 N–H and O–H groups in total. The van der Waals surface area contributed by atoms with E-state index < -0.39 is 0 Å². The number of carbonyl (C=O) groups excluding carboxylic acids is 1. The molecule has 18 heavy (non-hydrogen) atoms. The smallest absolute Gasteiger partial charge is 0.240 e. The fraction of sp³-hybridized carbons (Fsp3) is 0.500. The van der Waals surface area contributed by atoms with Crippen LogP contribution < -0.4 is 10.6 Å². The van der Waals surface area contributed by atoms with Crippen LogP contribution in [0.3, 0.4) is 0 Å². The van der Waals surface area contributed by atoms with Gasteiger partial charge in [-0.3, -0.25) is 4.79 Å². The molecular formula is C14H20N2OS. The summed E-state index contributed by atoms with van der Waals surface area (Å²) in [6.07, 6.45) is 3.13. The topological polar surface area (TPSA) is 46.3 Å². The lowest BCUT2D eigenvalue weighted by molar-refractivity contribution is -0.118. The van der Waals surface area contributed by atoms with Gasteiger partial charge in [-0.2, -0.15) is 0 Å². The summed E-state index contributed by atoms with van der Waals surface area (Å²) in [7, 11) is 0. The first-order valence-electron chi connectivity index (χ1n) is 6.51. The van der Waals surface area contributed by atoms with Gasteiger partial charge in [0.25, 0.3) is 0 Å². The maximum atomic E-state index is 12.5. The van der Waals surface area contributed by atoms with E-state index in [0.29, 0.717) is 0 Å². The van der Waals surface area contributed by atoms with E-state index in [4.69, 9.17) is 5.73 Å². The van der Waals surface area contributed by atoms with Gasteiger partial charge in [0, 0.05) is 17.9 Å². The molecular weight excluding hydrogens is 244 g/mol. The number of amides is 1. The van der Waals surface area contributed by atoms with Crippen molar-refractivity contribution in [1.82, 2.24) is 0 Å².